The number of hydrogen-bond donors (Lipinski definition) is 2. The fourth-order valence-corrected chi connectivity index (χ4v) is 3.20. The predicted octanol–water partition coefficient (Wildman–Crippen LogP) is 3.92. The van der Waals surface area contributed by atoms with Crippen LogP contribution in [0.5, 0.6) is 0 Å². The molecule has 3 N–H and O–H groups in total. The molecule has 0 saturated carbocycles. The molecule has 0 fully saturated rings. The number of nitrogen functional groups attached to an aromatic ring is 1. The first-order valence-electron chi connectivity index (χ1n) is 7.30. The Kier molecular flexibility index (Phi) is 2.78. The van der Waals surface area contributed by atoms with E-state index >= 15 is 0 Å². The molecular formula is C18H17N3. The van der Waals surface area contributed by atoms with Gasteiger partial charge in [0.2, 0.25) is 0 Å². The van der Waals surface area contributed by atoms with E-state index in [0.29, 0.717) is 6.04 Å². The molecule has 0 aliphatic heterocycles. The number of hydrogen-bond acceptors (Lipinski definition) is 3. The fraction of sp³-hybridized carbons (Fsp3) is 0.167. The van der Waals surface area contributed by atoms with Crippen LogP contribution in [-0.2, 0) is 6.42 Å². The monoisotopic (exact) mass is 275 g/mol. The third-order valence-corrected chi connectivity index (χ3v) is 4.22. The summed E-state index contributed by atoms with van der Waals surface area (Å²) >= 11 is 0. The lowest BCUT2D eigenvalue weighted by Gasteiger charge is -2.17. The number of anilines is 2. The molecule has 0 radical (unpaired) electrons. The number of benzene rings is 2. The van der Waals surface area contributed by atoms with Crippen LogP contribution in [0.1, 0.15) is 23.6 Å². The maximum absolute atomic E-state index is 5.87. The van der Waals surface area contributed by atoms with Crippen LogP contribution in [0.15, 0.2) is 54.7 Å². The largest absolute Gasteiger partial charge is 0.399 e. The van der Waals surface area contributed by atoms with Crippen LogP contribution >= 0.6 is 0 Å². The fourth-order valence-electron chi connectivity index (χ4n) is 3.20. The molecule has 3 nitrogen and oxygen atoms in total. The number of rotatable bonds is 2. The van der Waals surface area contributed by atoms with E-state index in [-0.39, 0.29) is 0 Å². The van der Waals surface area contributed by atoms with E-state index in [0.717, 1.165) is 29.7 Å². The maximum Gasteiger partial charge on any atom is 0.0722 e. The van der Waals surface area contributed by atoms with E-state index < -0.39 is 0 Å². The van der Waals surface area contributed by atoms with Crippen molar-refractivity contribution >= 4 is 22.3 Å². The molecule has 1 heterocycles. The minimum Gasteiger partial charge on any atom is -0.399 e. The molecule has 21 heavy (non-hydrogen) atoms. The van der Waals surface area contributed by atoms with E-state index in [1.165, 1.54) is 16.5 Å². The Morgan fingerprint density at radius 1 is 1.10 bits per heavy atom. The summed E-state index contributed by atoms with van der Waals surface area (Å²) in [5, 5.41) is 4.85. The normalized spacial score (nSPS) is 16.9. The smallest absolute Gasteiger partial charge is 0.0722 e. The summed E-state index contributed by atoms with van der Waals surface area (Å²) in [6.07, 6.45) is 4.06. The quantitative estimate of drug-likeness (QED) is 0.697. The van der Waals surface area contributed by atoms with Crippen LogP contribution in [0, 0.1) is 0 Å². The Hall–Kier alpha value is -2.55. The summed E-state index contributed by atoms with van der Waals surface area (Å²) in [5.74, 6) is 0. The molecule has 3 aromatic rings. The highest BCUT2D eigenvalue weighted by atomic mass is 14.9. The predicted molar refractivity (Wildman–Crippen MR) is 87.3 cm³/mol. The summed E-state index contributed by atoms with van der Waals surface area (Å²) < 4.78 is 0. The zero-order valence-corrected chi connectivity index (χ0v) is 11.7. The van der Waals surface area contributed by atoms with Crippen molar-refractivity contribution in [2.24, 2.45) is 0 Å². The third kappa shape index (κ3) is 2.11. The standard InChI is InChI=1S/C18H17N3/c19-13-6-7-14-12(11-13)5-8-17(14)21-18-9-10-20-16-4-2-1-3-15(16)18/h1-4,6-7,9-11,17H,5,8,19H2,(H,20,21). The van der Waals surface area contributed by atoms with Crippen LogP contribution < -0.4 is 11.1 Å². The second-order valence-electron chi connectivity index (χ2n) is 5.57. The first kappa shape index (κ1) is 12.2. The summed E-state index contributed by atoms with van der Waals surface area (Å²) in [4.78, 5) is 4.42. The zero-order valence-electron chi connectivity index (χ0n) is 11.7. The van der Waals surface area contributed by atoms with Crippen LogP contribution in [0.2, 0.25) is 0 Å². The SMILES string of the molecule is Nc1ccc2c(c1)CCC2Nc1ccnc2ccccc12. The number of nitrogens with zero attached hydrogens (tertiary/aromatic N) is 1. The van der Waals surface area contributed by atoms with Crippen LogP contribution in [0.3, 0.4) is 0 Å². The van der Waals surface area contributed by atoms with Gasteiger partial charge in [-0.25, -0.2) is 0 Å². The van der Waals surface area contributed by atoms with Crippen molar-refractivity contribution in [3.05, 3.63) is 65.9 Å². The van der Waals surface area contributed by atoms with Crippen molar-refractivity contribution in [3.63, 3.8) is 0 Å². The van der Waals surface area contributed by atoms with Crippen molar-refractivity contribution in [3.8, 4) is 0 Å². The number of aromatic nitrogens is 1. The van der Waals surface area contributed by atoms with Crippen LogP contribution in [-0.4, -0.2) is 4.98 Å². The molecule has 0 spiro atoms. The van der Waals surface area contributed by atoms with Crippen LogP contribution in [0.25, 0.3) is 10.9 Å². The van der Waals surface area contributed by atoms with Gasteiger partial charge in [-0.05, 0) is 48.2 Å². The van der Waals surface area contributed by atoms with E-state index in [9.17, 15) is 0 Å². The lowest BCUT2D eigenvalue weighted by Crippen LogP contribution is -2.07. The van der Waals surface area contributed by atoms with Crippen molar-refractivity contribution in [2.45, 2.75) is 18.9 Å². The van der Waals surface area contributed by atoms with Gasteiger partial charge >= 0.3 is 0 Å². The molecule has 1 aliphatic carbocycles. The lowest BCUT2D eigenvalue weighted by atomic mass is 10.1. The number of aryl methyl sites for hydroxylation is 1. The Morgan fingerprint density at radius 2 is 2.00 bits per heavy atom. The van der Waals surface area contributed by atoms with Gasteiger partial charge in [0.1, 0.15) is 0 Å². The first-order chi connectivity index (χ1) is 10.3. The van der Waals surface area contributed by atoms with Gasteiger partial charge in [-0.3, -0.25) is 4.98 Å². The van der Waals surface area contributed by atoms with E-state index in [4.69, 9.17) is 5.73 Å². The highest BCUT2D eigenvalue weighted by molar-refractivity contribution is 5.91. The highest BCUT2D eigenvalue weighted by Gasteiger charge is 2.22. The second kappa shape index (κ2) is 4.77. The average Bonchev–Trinajstić information content (AvgIpc) is 2.90. The van der Waals surface area contributed by atoms with Crippen molar-refractivity contribution in [1.82, 2.24) is 4.98 Å². The Balaban J connectivity index is 1.71. The van der Waals surface area contributed by atoms with Gasteiger partial charge in [-0.15, -0.1) is 0 Å². The van der Waals surface area contributed by atoms with Crippen molar-refractivity contribution in [1.29, 1.82) is 0 Å². The van der Waals surface area contributed by atoms with Gasteiger partial charge in [0.25, 0.3) is 0 Å². The average molecular weight is 275 g/mol. The number of nitrogens with two attached hydrogens (primary N) is 1. The molecular weight excluding hydrogens is 258 g/mol. The van der Waals surface area contributed by atoms with Crippen molar-refractivity contribution in [2.75, 3.05) is 11.1 Å². The number of para-hydroxylation sites is 1. The van der Waals surface area contributed by atoms with E-state index in [2.05, 4.69) is 40.6 Å². The molecule has 3 heteroatoms. The molecule has 1 unspecified atom stereocenters. The van der Waals surface area contributed by atoms with Gasteiger partial charge in [0.15, 0.2) is 0 Å². The summed E-state index contributed by atoms with van der Waals surface area (Å²) in [5.41, 5.74) is 11.6. The Labute approximate surface area is 123 Å². The summed E-state index contributed by atoms with van der Waals surface area (Å²) in [7, 11) is 0. The van der Waals surface area contributed by atoms with Gasteiger partial charge in [-0.1, -0.05) is 24.3 Å². The molecule has 0 bridgehead atoms. The van der Waals surface area contributed by atoms with Gasteiger partial charge in [-0.2, -0.15) is 0 Å². The third-order valence-electron chi connectivity index (χ3n) is 4.22. The molecule has 1 atom stereocenters. The maximum atomic E-state index is 5.87. The van der Waals surface area contributed by atoms with Crippen LogP contribution in [0.4, 0.5) is 11.4 Å². The van der Waals surface area contributed by atoms with Gasteiger partial charge in [0, 0.05) is 23.0 Å². The summed E-state index contributed by atoms with van der Waals surface area (Å²) in [6, 6.07) is 16.9. The highest BCUT2D eigenvalue weighted by Crippen LogP contribution is 2.36. The first-order valence-corrected chi connectivity index (χ1v) is 7.30. The zero-order chi connectivity index (χ0) is 14.2. The number of pyridine rings is 1. The summed E-state index contributed by atoms with van der Waals surface area (Å²) in [6.45, 7) is 0. The molecule has 1 aromatic heterocycles. The van der Waals surface area contributed by atoms with Gasteiger partial charge in [0.05, 0.1) is 11.6 Å². The number of fused-ring (bicyclic) bond motifs is 2. The molecule has 2 aromatic carbocycles. The Bertz CT molecular complexity index is 805. The molecule has 104 valence electrons. The number of nitrogens with one attached hydrogen (secondary N) is 1. The minimum atomic E-state index is 0.353. The van der Waals surface area contributed by atoms with E-state index in [1.807, 2.05) is 24.4 Å². The topological polar surface area (TPSA) is 50.9 Å². The van der Waals surface area contributed by atoms with Crippen molar-refractivity contribution < 1.29 is 0 Å². The second-order valence-corrected chi connectivity index (χ2v) is 5.57. The molecule has 0 amide bonds. The molecule has 0 saturated heterocycles. The molecule has 1 aliphatic rings. The van der Waals surface area contributed by atoms with E-state index in [1.54, 1.807) is 0 Å². The minimum absolute atomic E-state index is 0.353. The Morgan fingerprint density at radius 3 is 2.95 bits per heavy atom. The lowest BCUT2D eigenvalue weighted by molar-refractivity contribution is 0.763. The molecule has 4 rings (SSSR count). The van der Waals surface area contributed by atoms with Gasteiger partial charge < -0.3 is 11.1 Å².